The lowest BCUT2D eigenvalue weighted by molar-refractivity contribution is -0.133. The summed E-state index contributed by atoms with van der Waals surface area (Å²) >= 11 is 0. The largest absolute Gasteiger partial charge is 0.381 e. The molecule has 4 rings (SSSR count). The van der Waals surface area contributed by atoms with Gasteiger partial charge >= 0.3 is 0 Å². The number of nitrogens with zero attached hydrogens (tertiary/aromatic N) is 1. The zero-order valence-electron chi connectivity index (χ0n) is 14.3. The van der Waals surface area contributed by atoms with Gasteiger partial charge in [0, 0.05) is 31.5 Å². The number of rotatable bonds is 5. The fourth-order valence-corrected chi connectivity index (χ4v) is 3.92. The van der Waals surface area contributed by atoms with Gasteiger partial charge < -0.3 is 9.64 Å². The van der Waals surface area contributed by atoms with E-state index in [-0.39, 0.29) is 5.92 Å². The molecule has 3 heteroatoms. The maximum atomic E-state index is 12.9. The van der Waals surface area contributed by atoms with Gasteiger partial charge in [0.25, 0.3) is 0 Å². The third-order valence-corrected chi connectivity index (χ3v) is 5.51. The number of amides is 1. The van der Waals surface area contributed by atoms with Crippen molar-refractivity contribution in [2.75, 3.05) is 26.3 Å². The molecule has 1 saturated heterocycles. The van der Waals surface area contributed by atoms with Gasteiger partial charge in [0.2, 0.25) is 5.91 Å². The molecule has 1 amide bonds. The molecule has 3 atom stereocenters. The molecule has 0 bridgehead atoms. The molecule has 2 aromatic carbocycles. The molecule has 2 aromatic rings. The van der Waals surface area contributed by atoms with E-state index < -0.39 is 0 Å². The SMILES string of the molecule is CCN(C[C@@H]1CCOC1)C(=O)[C@H]1C[C@H]1c1ccc2ccccc2c1. The van der Waals surface area contributed by atoms with Crippen LogP contribution in [0.25, 0.3) is 10.8 Å². The molecule has 0 unspecified atom stereocenters. The second-order valence-corrected chi connectivity index (χ2v) is 7.16. The van der Waals surface area contributed by atoms with Crippen molar-refractivity contribution in [2.45, 2.75) is 25.7 Å². The lowest BCUT2D eigenvalue weighted by Crippen LogP contribution is -2.36. The number of carbonyl (C=O) groups is 1. The zero-order valence-corrected chi connectivity index (χ0v) is 14.3. The molecule has 0 N–H and O–H groups in total. The Hall–Kier alpha value is -1.87. The van der Waals surface area contributed by atoms with Crippen LogP contribution in [-0.4, -0.2) is 37.1 Å². The lowest BCUT2D eigenvalue weighted by atomic mass is 10.0. The first kappa shape index (κ1) is 15.6. The van der Waals surface area contributed by atoms with Crippen LogP contribution in [0.1, 0.15) is 31.2 Å². The van der Waals surface area contributed by atoms with Gasteiger partial charge in [-0.3, -0.25) is 4.79 Å². The molecular formula is C21H25NO2. The Morgan fingerprint density at radius 2 is 2.04 bits per heavy atom. The van der Waals surface area contributed by atoms with Crippen molar-refractivity contribution in [2.24, 2.45) is 11.8 Å². The summed E-state index contributed by atoms with van der Waals surface area (Å²) in [4.78, 5) is 14.9. The Morgan fingerprint density at radius 3 is 2.79 bits per heavy atom. The normalized spacial score (nSPS) is 25.8. The molecule has 1 heterocycles. The number of ether oxygens (including phenoxy) is 1. The average Bonchev–Trinajstić information content (AvgIpc) is 3.26. The minimum Gasteiger partial charge on any atom is -0.381 e. The van der Waals surface area contributed by atoms with E-state index in [1.807, 2.05) is 4.90 Å². The number of hydrogen-bond acceptors (Lipinski definition) is 2. The number of hydrogen-bond donors (Lipinski definition) is 0. The van der Waals surface area contributed by atoms with Gasteiger partial charge in [-0.1, -0.05) is 42.5 Å². The molecule has 1 aliphatic carbocycles. The van der Waals surface area contributed by atoms with Crippen molar-refractivity contribution in [3.05, 3.63) is 48.0 Å². The molecule has 0 radical (unpaired) electrons. The molecule has 2 aliphatic rings. The highest BCUT2D eigenvalue weighted by atomic mass is 16.5. The summed E-state index contributed by atoms with van der Waals surface area (Å²) in [5.41, 5.74) is 1.31. The minimum atomic E-state index is 0.174. The lowest BCUT2D eigenvalue weighted by Gasteiger charge is -2.24. The van der Waals surface area contributed by atoms with Crippen LogP contribution in [0.15, 0.2) is 42.5 Å². The van der Waals surface area contributed by atoms with Crippen molar-refractivity contribution in [1.82, 2.24) is 4.90 Å². The summed E-state index contributed by atoms with van der Waals surface area (Å²) in [6.45, 7) is 5.40. The third kappa shape index (κ3) is 3.05. The van der Waals surface area contributed by atoms with Crippen LogP contribution in [0, 0.1) is 11.8 Å². The van der Waals surface area contributed by atoms with Gasteiger partial charge in [0.1, 0.15) is 0 Å². The van der Waals surface area contributed by atoms with Gasteiger partial charge in [-0.15, -0.1) is 0 Å². The summed E-state index contributed by atoms with van der Waals surface area (Å²) in [6, 6.07) is 15.1. The monoisotopic (exact) mass is 323 g/mol. The van der Waals surface area contributed by atoms with Crippen molar-refractivity contribution in [3.8, 4) is 0 Å². The first-order valence-corrected chi connectivity index (χ1v) is 9.11. The number of benzene rings is 2. The van der Waals surface area contributed by atoms with Crippen molar-refractivity contribution in [3.63, 3.8) is 0 Å². The highest BCUT2D eigenvalue weighted by Gasteiger charge is 2.45. The van der Waals surface area contributed by atoms with Crippen LogP contribution in [0.3, 0.4) is 0 Å². The molecule has 24 heavy (non-hydrogen) atoms. The van der Waals surface area contributed by atoms with E-state index in [4.69, 9.17) is 4.74 Å². The molecule has 3 nitrogen and oxygen atoms in total. The van der Waals surface area contributed by atoms with Crippen LogP contribution >= 0.6 is 0 Å². The van der Waals surface area contributed by atoms with E-state index in [0.717, 1.165) is 39.1 Å². The molecule has 0 spiro atoms. The average molecular weight is 323 g/mol. The second kappa shape index (κ2) is 6.56. The standard InChI is InChI=1S/C21H25NO2/c1-2-22(13-15-9-10-24-14-15)21(23)20-12-19(20)18-8-7-16-5-3-4-6-17(16)11-18/h3-8,11,15,19-20H,2,9-10,12-14H2,1H3/t15-,19-,20-/m0/s1. The maximum absolute atomic E-state index is 12.9. The summed E-state index contributed by atoms with van der Waals surface area (Å²) in [5.74, 6) is 1.43. The summed E-state index contributed by atoms with van der Waals surface area (Å²) in [5, 5.41) is 2.53. The van der Waals surface area contributed by atoms with E-state index in [1.165, 1.54) is 16.3 Å². The first-order chi connectivity index (χ1) is 11.8. The van der Waals surface area contributed by atoms with Crippen LogP contribution in [-0.2, 0) is 9.53 Å². The topological polar surface area (TPSA) is 29.5 Å². The Labute approximate surface area is 143 Å². The molecule has 0 aromatic heterocycles. The maximum Gasteiger partial charge on any atom is 0.226 e. The van der Waals surface area contributed by atoms with Gasteiger partial charge in [-0.25, -0.2) is 0 Å². The second-order valence-electron chi connectivity index (χ2n) is 7.16. The molecule has 2 fully saturated rings. The van der Waals surface area contributed by atoms with E-state index in [1.54, 1.807) is 0 Å². The molecule has 1 saturated carbocycles. The van der Waals surface area contributed by atoms with Crippen molar-refractivity contribution >= 4 is 16.7 Å². The predicted molar refractivity (Wildman–Crippen MR) is 96.0 cm³/mol. The number of carbonyl (C=O) groups excluding carboxylic acids is 1. The van der Waals surface area contributed by atoms with E-state index in [9.17, 15) is 4.79 Å². The van der Waals surface area contributed by atoms with E-state index >= 15 is 0 Å². The first-order valence-electron chi connectivity index (χ1n) is 9.11. The van der Waals surface area contributed by atoms with E-state index in [2.05, 4.69) is 49.4 Å². The van der Waals surface area contributed by atoms with Crippen LogP contribution in [0.5, 0.6) is 0 Å². The Balaban J connectivity index is 1.44. The Bertz CT molecular complexity index is 735. The van der Waals surface area contributed by atoms with Crippen molar-refractivity contribution in [1.29, 1.82) is 0 Å². The third-order valence-electron chi connectivity index (χ3n) is 5.51. The quantitative estimate of drug-likeness (QED) is 0.837. The van der Waals surface area contributed by atoms with Gasteiger partial charge in [0.15, 0.2) is 0 Å². The molecule has 1 aliphatic heterocycles. The summed E-state index contributed by atoms with van der Waals surface area (Å²) in [6.07, 6.45) is 2.08. The molecule has 126 valence electrons. The van der Waals surface area contributed by atoms with Crippen LogP contribution < -0.4 is 0 Å². The van der Waals surface area contributed by atoms with E-state index in [0.29, 0.717) is 17.7 Å². The Morgan fingerprint density at radius 1 is 1.21 bits per heavy atom. The minimum absolute atomic E-state index is 0.174. The number of fused-ring (bicyclic) bond motifs is 1. The Kier molecular flexibility index (Phi) is 4.28. The molecular weight excluding hydrogens is 298 g/mol. The summed E-state index contributed by atoms with van der Waals surface area (Å²) in [7, 11) is 0. The zero-order chi connectivity index (χ0) is 16.5. The fourth-order valence-electron chi connectivity index (χ4n) is 3.92. The fraction of sp³-hybridized carbons (Fsp3) is 0.476. The van der Waals surface area contributed by atoms with Crippen LogP contribution in [0.2, 0.25) is 0 Å². The van der Waals surface area contributed by atoms with Crippen LogP contribution in [0.4, 0.5) is 0 Å². The smallest absolute Gasteiger partial charge is 0.226 e. The highest BCUT2D eigenvalue weighted by molar-refractivity contribution is 5.85. The van der Waals surface area contributed by atoms with Gasteiger partial charge in [0.05, 0.1) is 6.61 Å². The van der Waals surface area contributed by atoms with Gasteiger partial charge in [-0.05, 0) is 42.0 Å². The summed E-state index contributed by atoms with van der Waals surface area (Å²) < 4.78 is 5.45. The van der Waals surface area contributed by atoms with Gasteiger partial charge in [-0.2, -0.15) is 0 Å². The van der Waals surface area contributed by atoms with Crippen molar-refractivity contribution < 1.29 is 9.53 Å². The highest BCUT2D eigenvalue weighted by Crippen LogP contribution is 2.49. The predicted octanol–water partition coefficient (Wildman–Crippen LogP) is 3.83.